The fourth-order valence-electron chi connectivity index (χ4n) is 6.91. The molecule has 0 bridgehead atoms. The first-order valence-electron chi connectivity index (χ1n) is 15.0. The smallest absolute Gasteiger partial charge is 0.209 e. The molecule has 0 radical (unpaired) electrons. The van der Waals surface area contributed by atoms with Gasteiger partial charge >= 0.3 is 0 Å². The molecule has 0 atom stereocenters. The van der Waals surface area contributed by atoms with E-state index in [0.717, 1.165) is 48.9 Å². The van der Waals surface area contributed by atoms with Gasteiger partial charge in [-0.2, -0.15) is 4.58 Å². The van der Waals surface area contributed by atoms with Gasteiger partial charge in [0, 0.05) is 51.9 Å². The van der Waals surface area contributed by atoms with Gasteiger partial charge in [0.15, 0.2) is 5.71 Å². The Bertz CT molecular complexity index is 1540. The Morgan fingerprint density at radius 1 is 0.902 bits per heavy atom. The summed E-state index contributed by atoms with van der Waals surface area (Å²) >= 11 is 12.9. The molecule has 2 aromatic rings. The van der Waals surface area contributed by atoms with Gasteiger partial charge in [-0.25, -0.2) is 0 Å². The second-order valence-corrected chi connectivity index (χ2v) is 13.3. The highest BCUT2D eigenvalue weighted by molar-refractivity contribution is 6.31. The van der Waals surface area contributed by atoms with Crippen LogP contribution in [-0.4, -0.2) is 29.9 Å². The van der Waals surface area contributed by atoms with Crippen molar-refractivity contribution in [1.29, 1.82) is 0 Å². The number of hydrogen-bond acceptors (Lipinski definition) is 1. The van der Waals surface area contributed by atoms with Gasteiger partial charge in [0.2, 0.25) is 5.69 Å². The van der Waals surface area contributed by atoms with E-state index >= 15 is 0 Å². The largest absolute Gasteiger partial charge is 0.368 e. The van der Waals surface area contributed by atoms with E-state index in [2.05, 4.69) is 112 Å². The Morgan fingerprint density at radius 3 is 2.29 bits per heavy atom. The summed E-state index contributed by atoms with van der Waals surface area (Å²) in [5, 5.41) is 1.59. The van der Waals surface area contributed by atoms with E-state index in [1.165, 1.54) is 50.5 Å². The van der Waals surface area contributed by atoms with Gasteiger partial charge in [0.1, 0.15) is 6.54 Å². The Kier molecular flexibility index (Phi) is 8.30. The van der Waals surface area contributed by atoms with E-state index in [0.29, 0.717) is 0 Å². The van der Waals surface area contributed by atoms with Gasteiger partial charge in [-0.15, -0.1) is 0 Å². The van der Waals surface area contributed by atoms with Crippen LogP contribution in [0.25, 0.3) is 0 Å². The molecule has 2 aromatic carbocycles. The third-order valence-electron chi connectivity index (χ3n) is 9.40. The number of allylic oxidation sites excluding steroid dienone is 8. The highest BCUT2D eigenvalue weighted by atomic mass is 35.5. The minimum atomic E-state index is -0.115. The zero-order valence-corrected chi connectivity index (χ0v) is 27.0. The molecular weight excluding hydrogens is 543 g/mol. The fourth-order valence-corrected chi connectivity index (χ4v) is 7.26. The predicted molar refractivity (Wildman–Crippen MR) is 179 cm³/mol. The molecule has 3 aliphatic rings. The molecule has 1 aliphatic carbocycles. The summed E-state index contributed by atoms with van der Waals surface area (Å²) < 4.78 is 2.43. The molecule has 2 heterocycles. The van der Waals surface area contributed by atoms with E-state index in [1.807, 2.05) is 12.1 Å². The van der Waals surface area contributed by atoms with Gasteiger partial charge in [-0.05, 0) is 105 Å². The van der Waals surface area contributed by atoms with Crippen molar-refractivity contribution in [3.05, 3.63) is 117 Å². The number of rotatable bonds is 6. The van der Waals surface area contributed by atoms with Crippen LogP contribution in [-0.2, 0) is 10.8 Å². The average molecular weight is 587 g/mol. The van der Waals surface area contributed by atoms with Crippen LogP contribution in [0.1, 0.15) is 71.9 Å². The number of halogens is 2. The van der Waals surface area contributed by atoms with Crippen molar-refractivity contribution < 1.29 is 4.58 Å². The lowest BCUT2D eigenvalue weighted by Crippen LogP contribution is -2.39. The highest BCUT2D eigenvalue weighted by Crippen LogP contribution is 2.45. The zero-order chi connectivity index (χ0) is 29.5. The third kappa shape index (κ3) is 5.30. The topological polar surface area (TPSA) is 6.25 Å². The van der Waals surface area contributed by atoms with Crippen LogP contribution in [0, 0.1) is 0 Å². The summed E-state index contributed by atoms with van der Waals surface area (Å²) in [6.07, 6.45) is 14.7. The van der Waals surface area contributed by atoms with Crippen molar-refractivity contribution in [3.63, 3.8) is 0 Å². The van der Waals surface area contributed by atoms with Crippen molar-refractivity contribution in [2.45, 2.75) is 71.6 Å². The van der Waals surface area contributed by atoms with Crippen LogP contribution in [0.2, 0.25) is 10.0 Å². The number of likely N-dealkylation sites (N-methyl/N-ethyl adjacent to an activating group) is 1. The monoisotopic (exact) mass is 585 g/mol. The normalized spacial score (nSPS) is 21.7. The number of hydrogen-bond donors (Lipinski definition) is 0. The molecule has 0 unspecified atom stereocenters. The molecule has 0 fully saturated rings. The van der Waals surface area contributed by atoms with Gasteiger partial charge in [-0.3, -0.25) is 0 Å². The number of anilines is 1. The molecule has 4 heteroatoms. The molecular formula is C37H43Cl2N2+. The standard InChI is InChI=1S/C37H43Cl2N2/c1-8-30-25(14-16-27-24-40(9-2)33-19-17-28(38)22-31(33)36(27,4)5)12-11-13-26(30)15-21-35-37(6,7)32-23-29(39)18-20-34(32)41(35)10-3/h8,14-23H,1,9-13,24H2,2-7H3/q+1/b21-15+,25-14+,27-16-. The third-order valence-corrected chi connectivity index (χ3v) is 9.87. The Hall–Kier alpha value is -2.81. The number of fused-ring (bicyclic) bond motifs is 2. The van der Waals surface area contributed by atoms with Crippen molar-refractivity contribution in [2.24, 2.45) is 0 Å². The maximum absolute atomic E-state index is 6.46. The lowest BCUT2D eigenvalue weighted by atomic mass is 9.73. The van der Waals surface area contributed by atoms with E-state index in [9.17, 15) is 0 Å². The molecule has 2 aliphatic heterocycles. The van der Waals surface area contributed by atoms with Gasteiger partial charge in [-0.1, -0.05) is 67.9 Å². The molecule has 2 nitrogen and oxygen atoms in total. The van der Waals surface area contributed by atoms with Crippen LogP contribution < -0.4 is 4.90 Å². The SMILES string of the molecule is C=CC1=C(/C=C/C2=[N+](CC)c3ccc(Cl)cc3C2(C)C)CCC/C1=C\C=C1\CN(CC)c2ccc(Cl)cc2C1(C)C. The zero-order valence-electron chi connectivity index (χ0n) is 25.5. The first-order chi connectivity index (χ1) is 19.5. The summed E-state index contributed by atoms with van der Waals surface area (Å²) in [6.45, 7) is 20.7. The van der Waals surface area contributed by atoms with Crippen LogP contribution in [0.5, 0.6) is 0 Å². The lowest BCUT2D eigenvalue weighted by molar-refractivity contribution is -0.433. The van der Waals surface area contributed by atoms with Crippen LogP contribution >= 0.6 is 23.2 Å². The lowest BCUT2D eigenvalue weighted by Gasteiger charge is -2.42. The quantitative estimate of drug-likeness (QED) is 0.305. The van der Waals surface area contributed by atoms with Crippen molar-refractivity contribution >= 4 is 40.3 Å². The highest BCUT2D eigenvalue weighted by Gasteiger charge is 2.44. The minimum absolute atomic E-state index is 0.0926. The first kappa shape index (κ1) is 29.7. The molecule has 0 N–H and O–H groups in total. The molecule has 0 amide bonds. The van der Waals surface area contributed by atoms with E-state index < -0.39 is 0 Å². The second-order valence-electron chi connectivity index (χ2n) is 12.4. The minimum Gasteiger partial charge on any atom is -0.368 e. The van der Waals surface area contributed by atoms with Crippen LogP contribution in [0.4, 0.5) is 11.4 Å². The molecule has 0 saturated carbocycles. The fraction of sp³-hybridized carbons (Fsp3) is 0.378. The summed E-state index contributed by atoms with van der Waals surface area (Å²) in [7, 11) is 0. The molecule has 0 saturated heterocycles. The summed E-state index contributed by atoms with van der Waals surface area (Å²) in [5.41, 5.74) is 11.7. The van der Waals surface area contributed by atoms with E-state index in [1.54, 1.807) is 0 Å². The Labute approximate surface area is 257 Å². The molecule has 41 heavy (non-hydrogen) atoms. The van der Waals surface area contributed by atoms with Gasteiger partial charge in [0.05, 0.1) is 5.41 Å². The van der Waals surface area contributed by atoms with Crippen LogP contribution in [0.3, 0.4) is 0 Å². The van der Waals surface area contributed by atoms with E-state index in [4.69, 9.17) is 23.2 Å². The summed E-state index contributed by atoms with van der Waals surface area (Å²) in [6, 6.07) is 12.6. The summed E-state index contributed by atoms with van der Waals surface area (Å²) in [5.74, 6) is 0. The first-order valence-corrected chi connectivity index (χ1v) is 15.7. The molecule has 5 rings (SSSR count). The second kappa shape index (κ2) is 11.5. The van der Waals surface area contributed by atoms with Crippen molar-refractivity contribution in [1.82, 2.24) is 0 Å². The molecule has 0 aromatic heterocycles. The van der Waals surface area contributed by atoms with E-state index in [-0.39, 0.29) is 10.8 Å². The number of nitrogens with zero attached hydrogens (tertiary/aromatic N) is 2. The van der Waals surface area contributed by atoms with Crippen molar-refractivity contribution in [3.8, 4) is 0 Å². The Balaban J connectivity index is 1.51. The van der Waals surface area contributed by atoms with Crippen molar-refractivity contribution in [2.75, 3.05) is 24.5 Å². The number of benzene rings is 2. The molecule has 214 valence electrons. The van der Waals surface area contributed by atoms with Crippen LogP contribution in [0.15, 0.2) is 95.6 Å². The maximum Gasteiger partial charge on any atom is 0.209 e. The maximum atomic E-state index is 6.46. The average Bonchev–Trinajstić information content (AvgIpc) is 3.16. The summed E-state index contributed by atoms with van der Waals surface area (Å²) in [4.78, 5) is 2.45. The molecule has 0 spiro atoms. The van der Waals surface area contributed by atoms with Gasteiger partial charge in [0.25, 0.3) is 0 Å². The van der Waals surface area contributed by atoms with Gasteiger partial charge < -0.3 is 4.90 Å². The predicted octanol–water partition coefficient (Wildman–Crippen LogP) is 10.3. The Morgan fingerprint density at radius 2 is 1.61 bits per heavy atom.